The summed E-state index contributed by atoms with van der Waals surface area (Å²) >= 11 is 0. The third-order valence-corrected chi connectivity index (χ3v) is 0. The van der Waals surface area contributed by atoms with E-state index >= 15 is 0 Å². The van der Waals surface area contributed by atoms with Gasteiger partial charge in [0.25, 0.3) is 0 Å². The minimum atomic E-state index is -0.750. The first-order valence-corrected chi connectivity index (χ1v) is 1.70. The van der Waals surface area contributed by atoms with Gasteiger partial charge in [-0.3, -0.25) is 0 Å². The van der Waals surface area contributed by atoms with Gasteiger partial charge in [-0.1, -0.05) is 20.8 Å². The molecule has 0 aliphatic heterocycles. The van der Waals surface area contributed by atoms with Gasteiger partial charge in [0.2, 0.25) is 0 Å². The van der Waals surface area contributed by atoms with Gasteiger partial charge < -0.3 is 5.11 Å². The Morgan fingerprint density at radius 1 is 1.14 bits per heavy atom. The number of hydrogen-bond donors (Lipinski definition) is 0. The van der Waals surface area contributed by atoms with Crippen molar-refractivity contribution >= 4 is 51.4 Å². The van der Waals surface area contributed by atoms with E-state index in [1.165, 1.54) is 0 Å². The summed E-state index contributed by atoms with van der Waals surface area (Å²) in [5.74, 6) is 0. The van der Waals surface area contributed by atoms with E-state index in [1.54, 1.807) is 20.8 Å². The molecule has 0 aliphatic carbocycles. The second kappa shape index (κ2) is 7.34. The van der Waals surface area contributed by atoms with Crippen LogP contribution in [0.5, 0.6) is 0 Å². The minimum absolute atomic E-state index is 0. The Labute approximate surface area is 130 Å². The zero-order valence-corrected chi connectivity index (χ0v) is 8.03. The molecule has 0 fully saturated rings. The summed E-state index contributed by atoms with van der Waals surface area (Å²) in [6.45, 7) is 4.90. The van der Waals surface area contributed by atoms with Gasteiger partial charge in [-0.25, -0.2) is 0 Å². The van der Waals surface area contributed by atoms with Crippen LogP contribution in [0.25, 0.3) is 0 Å². The van der Waals surface area contributed by atoms with Crippen LogP contribution in [-0.4, -0.2) is 57.0 Å². The molecule has 0 atom stereocenters. The Morgan fingerprint density at radius 3 is 1.14 bits per heavy atom. The predicted molar refractivity (Wildman–Crippen MR) is 26.9 cm³/mol. The molecule has 0 N–H and O–H groups in total. The van der Waals surface area contributed by atoms with Crippen LogP contribution in [0.3, 0.4) is 0 Å². The average molecular weight is 152 g/mol. The molecule has 34 valence electrons. The molecule has 0 saturated heterocycles. The van der Waals surface area contributed by atoms with E-state index in [0.717, 1.165) is 0 Å². The van der Waals surface area contributed by atoms with Crippen molar-refractivity contribution in [2.75, 3.05) is 0 Å². The maximum absolute atomic E-state index is 10.1. The molecule has 0 bridgehead atoms. The van der Waals surface area contributed by atoms with Crippen molar-refractivity contribution in [1.29, 1.82) is 0 Å². The van der Waals surface area contributed by atoms with Crippen LogP contribution in [-0.2, 0) is 0 Å². The van der Waals surface area contributed by atoms with Crippen molar-refractivity contribution in [3.63, 3.8) is 0 Å². The zero-order valence-electron chi connectivity index (χ0n) is 4.91. The van der Waals surface area contributed by atoms with Crippen LogP contribution in [0.15, 0.2) is 0 Å². The van der Waals surface area contributed by atoms with Crippen LogP contribution in [0.2, 0.25) is 0 Å². The van der Waals surface area contributed by atoms with Gasteiger partial charge in [-0.2, -0.15) is 0 Å². The molecule has 0 radical (unpaired) electrons. The van der Waals surface area contributed by atoms with Gasteiger partial charge in [0.1, 0.15) is 0 Å². The second-order valence-corrected chi connectivity index (χ2v) is 2.11. The summed E-state index contributed by atoms with van der Waals surface area (Å²) in [7, 11) is 0. The topological polar surface area (TPSA) is 23.1 Å². The van der Waals surface area contributed by atoms with E-state index in [2.05, 4.69) is 0 Å². The van der Waals surface area contributed by atoms with Gasteiger partial charge >= 0.3 is 103 Å². The third-order valence-electron chi connectivity index (χ3n) is 0. The van der Waals surface area contributed by atoms with E-state index in [0.29, 0.717) is 0 Å². The van der Waals surface area contributed by atoms with Crippen molar-refractivity contribution < 1.29 is 56.5 Å². The fourth-order valence-electron chi connectivity index (χ4n) is 0. The van der Waals surface area contributed by atoms with E-state index < -0.39 is 5.60 Å². The van der Waals surface area contributed by atoms with Gasteiger partial charge in [0.15, 0.2) is 0 Å². The molecule has 0 aliphatic rings. The van der Waals surface area contributed by atoms with Gasteiger partial charge in [-0.15, -0.1) is 5.60 Å². The maximum atomic E-state index is 10.1. The first-order chi connectivity index (χ1) is 2.00. The van der Waals surface area contributed by atoms with Crippen molar-refractivity contribution in [3.05, 3.63) is 0 Å². The normalized spacial score (nSPS) is 8.57. The predicted octanol–water partition coefficient (Wildman–Crippen LogP) is -3.50. The quantitative estimate of drug-likeness (QED) is 0.330. The third kappa shape index (κ3) is 46.2. The Morgan fingerprint density at radius 2 is 1.14 bits per heavy atom. The zero-order chi connectivity index (χ0) is 4.50. The summed E-state index contributed by atoms with van der Waals surface area (Å²) in [5.41, 5.74) is -0.750. The molecule has 0 heterocycles. The Hall–Kier alpha value is 3.23. The summed E-state index contributed by atoms with van der Waals surface area (Å²) in [6, 6.07) is 0. The van der Waals surface area contributed by atoms with Crippen LogP contribution in [0.4, 0.5) is 0 Å². The summed E-state index contributed by atoms with van der Waals surface area (Å²) in [4.78, 5) is 0. The molecule has 0 amide bonds. The van der Waals surface area contributed by atoms with Crippen molar-refractivity contribution in [1.82, 2.24) is 0 Å². The van der Waals surface area contributed by atoms with Gasteiger partial charge in [0, 0.05) is 0 Å². The average Bonchev–Trinajstić information content (AvgIpc) is 0.722. The standard InChI is InChI=1S/C4H9O.2K.H/c1-4(2,3)5;;;/h1-3H3;;;/q-1;;+1;. The van der Waals surface area contributed by atoms with Crippen molar-refractivity contribution in [3.8, 4) is 0 Å². The van der Waals surface area contributed by atoms with Crippen molar-refractivity contribution in [2.45, 2.75) is 26.4 Å². The molecule has 0 aromatic rings. The fourth-order valence-corrected chi connectivity index (χ4v) is 0. The Kier molecular flexibility index (Phi) is 17.5. The molecule has 0 rings (SSSR count). The Balaban J connectivity index is -0.0000000800. The van der Waals surface area contributed by atoms with E-state index in [4.69, 9.17) is 0 Å². The first kappa shape index (κ1) is 16.7. The summed E-state index contributed by atoms with van der Waals surface area (Å²) < 4.78 is 0. The summed E-state index contributed by atoms with van der Waals surface area (Å²) in [6.07, 6.45) is 0. The van der Waals surface area contributed by atoms with E-state index in [-0.39, 0.29) is 103 Å². The Bertz CT molecular complexity index is 25.2. The van der Waals surface area contributed by atoms with Gasteiger partial charge in [0.05, 0.1) is 0 Å². The molecule has 3 heteroatoms. The van der Waals surface area contributed by atoms with Crippen molar-refractivity contribution in [2.24, 2.45) is 0 Å². The second-order valence-electron chi connectivity index (χ2n) is 2.11. The monoisotopic (exact) mass is 152 g/mol. The molecule has 7 heavy (non-hydrogen) atoms. The van der Waals surface area contributed by atoms with Gasteiger partial charge in [-0.05, 0) is 0 Å². The molecule has 0 spiro atoms. The van der Waals surface area contributed by atoms with E-state index in [9.17, 15) is 5.11 Å². The SMILES string of the molecule is CC(C)(C)[O-].[K+].[KH]. The number of rotatable bonds is 0. The van der Waals surface area contributed by atoms with Crippen LogP contribution in [0, 0.1) is 0 Å². The van der Waals surface area contributed by atoms with Crippen LogP contribution in [0.1, 0.15) is 20.8 Å². The molecule has 0 aromatic heterocycles. The number of hydrogen-bond acceptors (Lipinski definition) is 1. The molecule has 1 nitrogen and oxygen atoms in total. The first-order valence-electron chi connectivity index (χ1n) is 1.70. The van der Waals surface area contributed by atoms with E-state index in [1.807, 2.05) is 0 Å². The fraction of sp³-hybridized carbons (Fsp3) is 1.00. The van der Waals surface area contributed by atoms with Crippen LogP contribution < -0.4 is 56.5 Å². The molecule has 0 aromatic carbocycles. The molecular weight excluding hydrogens is 142 g/mol. The molecular formula is C4H10K2O. The summed E-state index contributed by atoms with van der Waals surface area (Å²) in [5, 5.41) is 10.1. The molecule has 0 unspecified atom stereocenters. The molecule has 0 saturated carbocycles. The van der Waals surface area contributed by atoms with Crippen LogP contribution >= 0.6 is 0 Å².